The van der Waals surface area contributed by atoms with Crippen molar-refractivity contribution in [2.24, 2.45) is 5.41 Å². The van der Waals surface area contributed by atoms with Gasteiger partial charge in [0.15, 0.2) is 0 Å². The molecule has 18 heavy (non-hydrogen) atoms. The van der Waals surface area contributed by atoms with E-state index < -0.39 is 0 Å². The van der Waals surface area contributed by atoms with E-state index in [0.29, 0.717) is 5.41 Å². The molecule has 1 aliphatic carbocycles. The number of carbonyl (C=O) groups excluding carboxylic acids is 1. The largest absolute Gasteiger partial charge is 0.337 e. The fourth-order valence-electron chi connectivity index (χ4n) is 2.16. The zero-order valence-electron chi connectivity index (χ0n) is 11.3. The number of nitrogens with one attached hydrogen (secondary N) is 2. The number of aromatic nitrogens is 1. The second-order valence-corrected chi connectivity index (χ2v) is 5.31. The lowest BCUT2D eigenvalue weighted by molar-refractivity contribution is 0.249. The van der Waals surface area contributed by atoms with Crippen LogP contribution in [0.2, 0.25) is 0 Å². The van der Waals surface area contributed by atoms with E-state index in [1.807, 2.05) is 13.8 Å². The van der Waals surface area contributed by atoms with Crippen LogP contribution in [0, 0.1) is 19.3 Å². The maximum absolute atomic E-state index is 11.9. The summed E-state index contributed by atoms with van der Waals surface area (Å²) in [5.41, 5.74) is 3.21. The summed E-state index contributed by atoms with van der Waals surface area (Å²) in [6.45, 7) is 6.86. The Morgan fingerprint density at radius 3 is 2.44 bits per heavy atom. The predicted molar refractivity (Wildman–Crippen MR) is 72.7 cm³/mol. The van der Waals surface area contributed by atoms with Crippen molar-refractivity contribution in [3.63, 3.8) is 0 Å². The minimum absolute atomic E-state index is 0.118. The first-order valence-corrected chi connectivity index (χ1v) is 6.52. The summed E-state index contributed by atoms with van der Waals surface area (Å²) >= 11 is 0. The van der Waals surface area contributed by atoms with Gasteiger partial charge in [-0.05, 0) is 49.7 Å². The number of rotatable bonds is 4. The molecular weight excluding hydrogens is 226 g/mol. The van der Waals surface area contributed by atoms with E-state index in [1.54, 1.807) is 12.4 Å². The first-order chi connectivity index (χ1) is 8.56. The summed E-state index contributed by atoms with van der Waals surface area (Å²) in [6.07, 6.45) is 7.13. The van der Waals surface area contributed by atoms with E-state index in [0.717, 1.165) is 29.8 Å². The minimum Gasteiger partial charge on any atom is -0.337 e. The maximum atomic E-state index is 11.9. The second kappa shape index (κ2) is 4.96. The van der Waals surface area contributed by atoms with Crippen LogP contribution in [0.5, 0.6) is 0 Å². The first-order valence-electron chi connectivity index (χ1n) is 6.52. The van der Waals surface area contributed by atoms with Gasteiger partial charge in [-0.25, -0.2) is 4.79 Å². The molecule has 1 aliphatic rings. The monoisotopic (exact) mass is 247 g/mol. The molecule has 4 heteroatoms. The normalized spacial score (nSPS) is 16.2. The molecule has 0 aliphatic heterocycles. The minimum atomic E-state index is -0.118. The quantitative estimate of drug-likeness (QED) is 0.859. The summed E-state index contributed by atoms with van der Waals surface area (Å²) in [4.78, 5) is 16.0. The van der Waals surface area contributed by atoms with Crippen molar-refractivity contribution >= 4 is 11.7 Å². The van der Waals surface area contributed by atoms with E-state index in [4.69, 9.17) is 0 Å². The summed E-state index contributed by atoms with van der Waals surface area (Å²) in [7, 11) is 0. The third-order valence-corrected chi connectivity index (χ3v) is 3.89. The van der Waals surface area contributed by atoms with Crippen molar-refractivity contribution in [1.29, 1.82) is 0 Å². The molecule has 0 aromatic carbocycles. The molecule has 2 N–H and O–H groups in total. The highest BCUT2D eigenvalue weighted by Gasteiger charge is 2.40. The lowest BCUT2D eigenvalue weighted by Crippen LogP contribution is -2.34. The highest BCUT2D eigenvalue weighted by Crippen LogP contribution is 2.47. The average Bonchev–Trinajstić information content (AvgIpc) is 3.12. The molecule has 0 atom stereocenters. The van der Waals surface area contributed by atoms with Crippen molar-refractivity contribution in [2.75, 3.05) is 11.9 Å². The van der Waals surface area contributed by atoms with E-state index >= 15 is 0 Å². The fraction of sp³-hybridized carbons (Fsp3) is 0.571. The van der Waals surface area contributed by atoms with Crippen molar-refractivity contribution in [3.05, 3.63) is 23.5 Å². The number of anilines is 1. The molecule has 1 aromatic rings. The Bertz CT molecular complexity index is 432. The van der Waals surface area contributed by atoms with Gasteiger partial charge in [0.2, 0.25) is 0 Å². The highest BCUT2D eigenvalue weighted by atomic mass is 16.2. The van der Waals surface area contributed by atoms with Crippen molar-refractivity contribution < 1.29 is 4.79 Å². The van der Waals surface area contributed by atoms with Gasteiger partial charge in [0.05, 0.1) is 5.69 Å². The molecule has 0 spiro atoms. The van der Waals surface area contributed by atoms with Gasteiger partial charge in [-0.1, -0.05) is 6.92 Å². The molecule has 1 heterocycles. The zero-order valence-corrected chi connectivity index (χ0v) is 11.3. The molecule has 2 rings (SSSR count). The lowest BCUT2D eigenvalue weighted by Gasteiger charge is -2.15. The molecule has 0 unspecified atom stereocenters. The van der Waals surface area contributed by atoms with Gasteiger partial charge in [0.25, 0.3) is 0 Å². The maximum Gasteiger partial charge on any atom is 0.319 e. The van der Waals surface area contributed by atoms with Gasteiger partial charge in [-0.2, -0.15) is 0 Å². The number of amides is 2. The summed E-state index contributed by atoms with van der Waals surface area (Å²) in [5.74, 6) is 0. The van der Waals surface area contributed by atoms with Gasteiger partial charge in [-0.3, -0.25) is 4.98 Å². The number of urea groups is 1. The van der Waals surface area contributed by atoms with Crippen LogP contribution in [0.25, 0.3) is 0 Å². The predicted octanol–water partition coefficient (Wildman–Crippen LogP) is 3.01. The molecule has 1 fully saturated rings. The molecule has 0 bridgehead atoms. The Labute approximate surface area is 108 Å². The van der Waals surface area contributed by atoms with Gasteiger partial charge in [0, 0.05) is 18.9 Å². The Morgan fingerprint density at radius 2 is 1.94 bits per heavy atom. The van der Waals surface area contributed by atoms with Crippen LogP contribution in [0.1, 0.15) is 37.3 Å². The van der Waals surface area contributed by atoms with Gasteiger partial charge >= 0.3 is 6.03 Å². The molecule has 1 saturated carbocycles. The van der Waals surface area contributed by atoms with E-state index in [1.165, 1.54) is 12.8 Å². The smallest absolute Gasteiger partial charge is 0.319 e. The van der Waals surface area contributed by atoms with Crippen molar-refractivity contribution in [1.82, 2.24) is 10.3 Å². The Hall–Kier alpha value is -1.58. The SMILES string of the molecule is CCC1(CNC(=O)Nc2c(C)cncc2C)CC1. The number of nitrogens with zero attached hydrogens (tertiary/aromatic N) is 1. The van der Waals surface area contributed by atoms with Crippen LogP contribution in [0.4, 0.5) is 10.5 Å². The van der Waals surface area contributed by atoms with Gasteiger partial charge < -0.3 is 10.6 Å². The summed E-state index contributed by atoms with van der Waals surface area (Å²) in [5, 5.41) is 5.88. The standard InChI is InChI=1S/C14H21N3O/c1-4-14(5-6-14)9-16-13(18)17-12-10(2)7-15-8-11(12)3/h7-8H,4-6,9H2,1-3H3,(H2,15,16,17,18). The van der Waals surface area contributed by atoms with Crippen LogP contribution in [-0.4, -0.2) is 17.6 Å². The van der Waals surface area contributed by atoms with Crippen LogP contribution in [0.15, 0.2) is 12.4 Å². The fourth-order valence-corrected chi connectivity index (χ4v) is 2.16. The van der Waals surface area contributed by atoms with Crippen LogP contribution >= 0.6 is 0 Å². The summed E-state index contributed by atoms with van der Waals surface area (Å²) in [6, 6.07) is -0.118. The molecule has 98 valence electrons. The number of carbonyl (C=O) groups is 1. The Morgan fingerprint density at radius 1 is 1.33 bits per heavy atom. The van der Waals surface area contributed by atoms with Crippen LogP contribution in [-0.2, 0) is 0 Å². The van der Waals surface area contributed by atoms with Crippen molar-refractivity contribution in [2.45, 2.75) is 40.0 Å². The van der Waals surface area contributed by atoms with Crippen LogP contribution in [0.3, 0.4) is 0 Å². The van der Waals surface area contributed by atoms with Gasteiger partial charge in [0.1, 0.15) is 0 Å². The first kappa shape index (κ1) is 12.9. The molecule has 0 radical (unpaired) electrons. The van der Waals surface area contributed by atoms with Crippen molar-refractivity contribution in [3.8, 4) is 0 Å². The number of hydrogen-bond donors (Lipinski definition) is 2. The molecule has 1 aromatic heterocycles. The van der Waals surface area contributed by atoms with Gasteiger partial charge in [-0.15, -0.1) is 0 Å². The zero-order chi connectivity index (χ0) is 13.2. The van der Waals surface area contributed by atoms with E-state index in [2.05, 4.69) is 22.5 Å². The third-order valence-electron chi connectivity index (χ3n) is 3.89. The topological polar surface area (TPSA) is 54.0 Å². The summed E-state index contributed by atoms with van der Waals surface area (Å²) < 4.78 is 0. The Balaban J connectivity index is 1.91. The molecule has 0 saturated heterocycles. The molecule has 2 amide bonds. The number of aryl methyl sites for hydroxylation is 2. The molecule has 4 nitrogen and oxygen atoms in total. The number of hydrogen-bond acceptors (Lipinski definition) is 2. The average molecular weight is 247 g/mol. The lowest BCUT2D eigenvalue weighted by atomic mass is 10.0. The van der Waals surface area contributed by atoms with E-state index in [-0.39, 0.29) is 6.03 Å². The highest BCUT2D eigenvalue weighted by molar-refractivity contribution is 5.90. The Kier molecular flexibility index (Phi) is 3.55. The third kappa shape index (κ3) is 2.81. The van der Waals surface area contributed by atoms with Crippen LogP contribution < -0.4 is 10.6 Å². The number of pyridine rings is 1. The second-order valence-electron chi connectivity index (χ2n) is 5.31. The molecular formula is C14H21N3O. The van der Waals surface area contributed by atoms with E-state index in [9.17, 15) is 4.79 Å².